The Balaban J connectivity index is 2.55. The number of hydrogen-bond donors (Lipinski definition) is 1. The summed E-state index contributed by atoms with van der Waals surface area (Å²) < 4.78 is 5.69. The van der Waals surface area contributed by atoms with Crippen molar-refractivity contribution in [3.63, 3.8) is 0 Å². The highest BCUT2D eigenvalue weighted by atomic mass is 16.5. The van der Waals surface area contributed by atoms with Gasteiger partial charge in [0.15, 0.2) is 0 Å². The summed E-state index contributed by atoms with van der Waals surface area (Å²) in [7, 11) is 0. The van der Waals surface area contributed by atoms with Crippen LogP contribution in [0.2, 0.25) is 0 Å². The lowest BCUT2D eigenvalue weighted by atomic mass is 10.0. The van der Waals surface area contributed by atoms with E-state index in [1.165, 1.54) is 0 Å². The van der Waals surface area contributed by atoms with Gasteiger partial charge in [0.2, 0.25) is 0 Å². The van der Waals surface area contributed by atoms with Crippen LogP contribution in [0.5, 0.6) is 0 Å². The lowest BCUT2D eigenvalue weighted by Gasteiger charge is -2.42. The van der Waals surface area contributed by atoms with Gasteiger partial charge in [0.1, 0.15) is 0 Å². The van der Waals surface area contributed by atoms with Gasteiger partial charge >= 0.3 is 0 Å². The summed E-state index contributed by atoms with van der Waals surface area (Å²) in [6, 6.07) is 2.23. The summed E-state index contributed by atoms with van der Waals surface area (Å²) in [5, 5.41) is 17.9. The van der Waals surface area contributed by atoms with Gasteiger partial charge in [-0.25, -0.2) is 0 Å². The van der Waals surface area contributed by atoms with Crippen LogP contribution in [-0.4, -0.2) is 48.0 Å². The van der Waals surface area contributed by atoms with Crippen LogP contribution in [0.15, 0.2) is 0 Å². The van der Waals surface area contributed by atoms with E-state index >= 15 is 0 Å². The molecule has 2 atom stereocenters. The molecule has 1 rings (SSSR count). The van der Waals surface area contributed by atoms with Gasteiger partial charge in [-0.05, 0) is 20.8 Å². The van der Waals surface area contributed by atoms with E-state index in [2.05, 4.69) is 11.0 Å². The van der Waals surface area contributed by atoms with Crippen molar-refractivity contribution < 1.29 is 9.84 Å². The fraction of sp³-hybridized carbons (Fsp3) is 0.909. The van der Waals surface area contributed by atoms with E-state index in [4.69, 9.17) is 15.1 Å². The lowest BCUT2D eigenvalue weighted by Crippen LogP contribution is -2.54. The quantitative estimate of drug-likeness (QED) is 0.745. The molecule has 1 saturated heterocycles. The smallest absolute Gasteiger partial charge is 0.0940 e. The van der Waals surface area contributed by atoms with Gasteiger partial charge in [-0.15, -0.1) is 0 Å². The molecule has 2 unspecified atom stereocenters. The third-order valence-corrected chi connectivity index (χ3v) is 2.51. The number of morpholine rings is 1. The molecule has 1 heterocycles. The standard InChI is InChI=1S/C11H20N2O2/c1-9(4-12)5-13-6-10(7-14)15-11(2,3)8-13/h9-10,14H,5-8H2,1-3H3. The maximum atomic E-state index is 9.12. The first-order chi connectivity index (χ1) is 6.96. The van der Waals surface area contributed by atoms with Gasteiger partial charge in [0.05, 0.1) is 30.3 Å². The van der Waals surface area contributed by atoms with E-state index in [0.29, 0.717) is 6.54 Å². The summed E-state index contributed by atoms with van der Waals surface area (Å²) in [6.45, 7) is 8.26. The molecular formula is C11H20N2O2. The molecule has 86 valence electrons. The molecule has 1 aliphatic rings. The average Bonchev–Trinajstić information content (AvgIpc) is 2.15. The van der Waals surface area contributed by atoms with E-state index in [0.717, 1.165) is 13.1 Å². The van der Waals surface area contributed by atoms with Crippen LogP contribution in [-0.2, 0) is 4.74 Å². The lowest BCUT2D eigenvalue weighted by molar-refractivity contribution is -0.149. The van der Waals surface area contributed by atoms with Crippen molar-refractivity contribution in [1.82, 2.24) is 4.90 Å². The zero-order chi connectivity index (χ0) is 11.5. The first-order valence-electron chi connectivity index (χ1n) is 5.37. The Hall–Kier alpha value is -0.630. The maximum Gasteiger partial charge on any atom is 0.0940 e. The van der Waals surface area contributed by atoms with E-state index in [1.54, 1.807) is 0 Å². The first kappa shape index (κ1) is 12.4. The minimum absolute atomic E-state index is 0.0262. The highest BCUT2D eigenvalue weighted by molar-refractivity contribution is 4.88. The van der Waals surface area contributed by atoms with Crippen molar-refractivity contribution in [2.75, 3.05) is 26.2 Å². The summed E-state index contributed by atoms with van der Waals surface area (Å²) in [4.78, 5) is 2.19. The van der Waals surface area contributed by atoms with Crippen LogP contribution in [0.25, 0.3) is 0 Å². The molecule has 1 aliphatic heterocycles. The normalized spacial score (nSPS) is 28.3. The predicted octanol–water partition coefficient (Wildman–Crippen LogP) is 0.618. The Bertz CT molecular complexity index is 247. The number of nitriles is 1. The molecule has 0 spiro atoms. The van der Waals surface area contributed by atoms with Gasteiger partial charge < -0.3 is 9.84 Å². The second kappa shape index (κ2) is 4.93. The second-order valence-corrected chi connectivity index (χ2v) is 4.91. The average molecular weight is 212 g/mol. The molecule has 1 fully saturated rings. The van der Waals surface area contributed by atoms with Crippen molar-refractivity contribution in [2.45, 2.75) is 32.5 Å². The van der Waals surface area contributed by atoms with E-state index in [1.807, 2.05) is 20.8 Å². The second-order valence-electron chi connectivity index (χ2n) is 4.91. The van der Waals surface area contributed by atoms with Crippen LogP contribution >= 0.6 is 0 Å². The van der Waals surface area contributed by atoms with Gasteiger partial charge in [-0.1, -0.05) is 0 Å². The third-order valence-electron chi connectivity index (χ3n) is 2.51. The molecule has 0 aromatic rings. The number of nitrogens with zero attached hydrogens (tertiary/aromatic N) is 2. The molecule has 4 heteroatoms. The minimum Gasteiger partial charge on any atom is -0.394 e. The van der Waals surface area contributed by atoms with Crippen molar-refractivity contribution in [2.24, 2.45) is 5.92 Å². The summed E-state index contributed by atoms with van der Waals surface area (Å²) in [5.41, 5.74) is -0.235. The Morgan fingerprint density at radius 2 is 2.33 bits per heavy atom. The molecule has 0 radical (unpaired) electrons. The highest BCUT2D eigenvalue weighted by Crippen LogP contribution is 2.21. The molecule has 1 N–H and O–H groups in total. The van der Waals surface area contributed by atoms with Crippen molar-refractivity contribution in [1.29, 1.82) is 5.26 Å². The van der Waals surface area contributed by atoms with E-state index in [9.17, 15) is 0 Å². The van der Waals surface area contributed by atoms with Gasteiger partial charge in [0.25, 0.3) is 0 Å². The van der Waals surface area contributed by atoms with Crippen LogP contribution in [0, 0.1) is 17.2 Å². The molecule has 0 amide bonds. The molecule has 0 bridgehead atoms. The zero-order valence-corrected chi connectivity index (χ0v) is 9.73. The molecule has 15 heavy (non-hydrogen) atoms. The van der Waals surface area contributed by atoms with Crippen LogP contribution in [0.4, 0.5) is 0 Å². The van der Waals surface area contributed by atoms with Gasteiger partial charge in [-0.3, -0.25) is 4.90 Å². The Kier molecular flexibility index (Phi) is 4.09. The molecule has 0 aromatic heterocycles. The maximum absolute atomic E-state index is 9.12. The largest absolute Gasteiger partial charge is 0.394 e. The van der Waals surface area contributed by atoms with Gasteiger partial charge in [-0.2, -0.15) is 5.26 Å². The number of hydrogen-bond acceptors (Lipinski definition) is 4. The molecule has 0 aromatic carbocycles. The first-order valence-corrected chi connectivity index (χ1v) is 5.37. The summed E-state index contributed by atoms with van der Waals surface area (Å²) in [6.07, 6.45) is -0.125. The molecular weight excluding hydrogens is 192 g/mol. The van der Waals surface area contributed by atoms with Crippen molar-refractivity contribution in [3.8, 4) is 6.07 Å². The van der Waals surface area contributed by atoms with Crippen LogP contribution in [0.3, 0.4) is 0 Å². The SMILES string of the molecule is CC(C#N)CN1CC(CO)OC(C)(C)C1. The molecule has 4 nitrogen and oxygen atoms in total. The van der Waals surface area contributed by atoms with E-state index < -0.39 is 0 Å². The summed E-state index contributed by atoms with van der Waals surface area (Å²) in [5.74, 6) is 0.0262. The van der Waals surface area contributed by atoms with Crippen LogP contribution < -0.4 is 0 Å². The third kappa shape index (κ3) is 3.78. The Labute approximate surface area is 91.4 Å². The van der Waals surface area contributed by atoms with Gasteiger partial charge in [0, 0.05) is 19.6 Å². The van der Waals surface area contributed by atoms with Crippen molar-refractivity contribution >= 4 is 0 Å². The topological polar surface area (TPSA) is 56.5 Å². The monoisotopic (exact) mass is 212 g/mol. The number of ether oxygens (including phenoxy) is 1. The van der Waals surface area contributed by atoms with E-state index in [-0.39, 0.29) is 24.2 Å². The highest BCUT2D eigenvalue weighted by Gasteiger charge is 2.33. The van der Waals surface area contributed by atoms with Crippen molar-refractivity contribution in [3.05, 3.63) is 0 Å². The Morgan fingerprint density at radius 1 is 1.67 bits per heavy atom. The molecule has 0 saturated carbocycles. The molecule has 0 aliphatic carbocycles. The summed E-state index contributed by atoms with van der Waals surface area (Å²) >= 11 is 0. The fourth-order valence-corrected chi connectivity index (χ4v) is 2.08. The Morgan fingerprint density at radius 3 is 2.87 bits per heavy atom. The predicted molar refractivity (Wildman–Crippen MR) is 57.3 cm³/mol. The number of aliphatic hydroxyl groups excluding tert-OH is 1. The van der Waals surface area contributed by atoms with Crippen LogP contribution in [0.1, 0.15) is 20.8 Å². The number of aliphatic hydroxyl groups is 1. The fourth-order valence-electron chi connectivity index (χ4n) is 2.08. The number of rotatable bonds is 3. The zero-order valence-electron chi connectivity index (χ0n) is 9.73. The minimum atomic E-state index is -0.235.